The van der Waals surface area contributed by atoms with Crippen LogP contribution in [0.4, 0.5) is 5.82 Å². The number of nitrogens with zero attached hydrogens (tertiary/aromatic N) is 4. The van der Waals surface area contributed by atoms with Gasteiger partial charge in [0.2, 0.25) is 0 Å². The Balaban J connectivity index is 1.76. The van der Waals surface area contributed by atoms with E-state index in [4.69, 9.17) is 0 Å². The van der Waals surface area contributed by atoms with Crippen LogP contribution in [-0.2, 0) is 12.8 Å². The lowest BCUT2D eigenvalue weighted by Gasteiger charge is -2.25. The van der Waals surface area contributed by atoms with E-state index in [1.165, 1.54) is 49.8 Å². The fourth-order valence-electron chi connectivity index (χ4n) is 3.41. The summed E-state index contributed by atoms with van der Waals surface area (Å²) < 4.78 is 1.89. The number of aromatic nitrogens is 4. The Hall–Kier alpha value is -1.65. The molecule has 2 heterocycles. The van der Waals surface area contributed by atoms with Gasteiger partial charge in [0.25, 0.3) is 5.78 Å². The van der Waals surface area contributed by atoms with E-state index in [1.807, 2.05) is 4.52 Å². The van der Waals surface area contributed by atoms with Gasteiger partial charge >= 0.3 is 0 Å². The van der Waals surface area contributed by atoms with Crippen LogP contribution in [0.3, 0.4) is 0 Å². The predicted octanol–water partition coefficient (Wildman–Crippen LogP) is 2.36. The number of fused-ring (bicyclic) bond motifs is 2. The molecule has 0 unspecified atom stereocenters. The Kier molecular flexibility index (Phi) is 2.64. The molecule has 4 rings (SSSR count). The number of nitrogens with one attached hydrogen (secondary N) is 1. The van der Waals surface area contributed by atoms with Gasteiger partial charge in [0.15, 0.2) is 0 Å². The molecule has 2 aromatic heterocycles. The van der Waals surface area contributed by atoms with Crippen LogP contribution < -0.4 is 5.32 Å². The molecular formula is C14H19N5. The zero-order valence-corrected chi connectivity index (χ0v) is 11.1. The summed E-state index contributed by atoms with van der Waals surface area (Å²) in [6.07, 6.45) is 11.6. The first-order valence-corrected chi connectivity index (χ1v) is 7.40. The van der Waals surface area contributed by atoms with E-state index in [0.29, 0.717) is 6.04 Å². The predicted molar refractivity (Wildman–Crippen MR) is 73.3 cm³/mol. The molecule has 2 aliphatic carbocycles. The molecule has 0 radical (unpaired) electrons. The number of aryl methyl sites for hydroxylation is 1. The zero-order valence-electron chi connectivity index (χ0n) is 11.1. The Bertz CT molecular complexity index is 597. The molecule has 0 amide bonds. The van der Waals surface area contributed by atoms with Gasteiger partial charge in [0, 0.05) is 11.6 Å². The quantitative estimate of drug-likeness (QED) is 0.897. The van der Waals surface area contributed by atoms with Crippen molar-refractivity contribution >= 4 is 11.6 Å². The third-order valence-electron chi connectivity index (χ3n) is 4.40. The molecule has 1 saturated carbocycles. The van der Waals surface area contributed by atoms with Crippen LogP contribution in [0.1, 0.15) is 49.8 Å². The summed E-state index contributed by atoms with van der Waals surface area (Å²) in [7, 11) is 0. The van der Waals surface area contributed by atoms with Crippen molar-refractivity contribution in [2.75, 3.05) is 5.32 Å². The van der Waals surface area contributed by atoms with Gasteiger partial charge in [0.05, 0.1) is 5.69 Å². The van der Waals surface area contributed by atoms with Gasteiger partial charge in [0.1, 0.15) is 12.1 Å². The molecule has 0 bridgehead atoms. The first-order valence-electron chi connectivity index (χ1n) is 7.40. The third-order valence-corrected chi connectivity index (χ3v) is 4.40. The molecule has 0 spiro atoms. The van der Waals surface area contributed by atoms with Crippen molar-refractivity contribution in [2.24, 2.45) is 0 Å². The summed E-state index contributed by atoms with van der Waals surface area (Å²) in [5, 5.41) is 8.07. The van der Waals surface area contributed by atoms with Gasteiger partial charge in [-0.3, -0.25) is 0 Å². The van der Waals surface area contributed by atoms with Crippen LogP contribution in [-0.4, -0.2) is 25.6 Å². The van der Waals surface area contributed by atoms with E-state index in [0.717, 1.165) is 24.4 Å². The number of rotatable bonds is 2. The molecule has 2 aromatic rings. The first-order chi connectivity index (χ1) is 9.42. The van der Waals surface area contributed by atoms with Crippen molar-refractivity contribution in [3.05, 3.63) is 17.6 Å². The Labute approximate surface area is 112 Å². The van der Waals surface area contributed by atoms with Gasteiger partial charge in [-0.15, -0.1) is 0 Å². The van der Waals surface area contributed by atoms with E-state index in [9.17, 15) is 0 Å². The van der Waals surface area contributed by atoms with Crippen LogP contribution in [0.2, 0.25) is 0 Å². The van der Waals surface area contributed by atoms with E-state index < -0.39 is 0 Å². The van der Waals surface area contributed by atoms with Crippen LogP contribution >= 0.6 is 0 Å². The highest BCUT2D eigenvalue weighted by Gasteiger charge is 2.23. The summed E-state index contributed by atoms with van der Waals surface area (Å²) in [4.78, 5) is 8.87. The van der Waals surface area contributed by atoms with Crippen molar-refractivity contribution in [1.29, 1.82) is 0 Å². The van der Waals surface area contributed by atoms with E-state index in [-0.39, 0.29) is 0 Å². The standard InChI is InChI=1S/C14H19N5/c1-2-5-10(6-3-1)17-13-11-7-4-8-12(11)18-14-15-9-16-19(13)14/h9-10,17H,1-8H2. The molecule has 5 nitrogen and oxygen atoms in total. The molecule has 0 aromatic carbocycles. The van der Waals surface area contributed by atoms with E-state index in [2.05, 4.69) is 20.4 Å². The highest BCUT2D eigenvalue weighted by Crippen LogP contribution is 2.30. The molecule has 0 saturated heterocycles. The first kappa shape index (κ1) is 11.2. The van der Waals surface area contributed by atoms with Gasteiger partial charge in [-0.2, -0.15) is 14.6 Å². The second-order valence-electron chi connectivity index (χ2n) is 5.69. The minimum Gasteiger partial charge on any atom is -0.367 e. The fourth-order valence-corrected chi connectivity index (χ4v) is 3.41. The lowest BCUT2D eigenvalue weighted by Crippen LogP contribution is -2.25. The third kappa shape index (κ3) is 1.88. The molecule has 100 valence electrons. The SMILES string of the molecule is c1nc2nc3c(c(NC4CCCCC4)n2n1)CCC3. The molecule has 2 aliphatic rings. The molecule has 1 fully saturated rings. The molecular weight excluding hydrogens is 238 g/mol. The number of hydrogen-bond acceptors (Lipinski definition) is 4. The van der Waals surface area contributed by atoms with E-state index in [1.54, 1.807) is 6.33 Å². The highest BCUT2D eigenvalue weighted by molar-refractivity contribution is 5.54. The van der Waals surface area contributed by atoms with Crippen molar-refractivity contribution in [2.45, 2.75) is 57.4 Å². The maximum Gasteiger partial charge on any atom is 0.254 e. The lowest BCUT2D eigenvalue weighted by atomic mass is 9.95. The highest BCUT2D eigenvalue weighted by atomic mass is 15.4. The minimum absolute atomic E-state index is 0.591. The second-order valence-corrected chi connectivity index (χ2v) is 5.69. The van der Waals surface area contributed by atoms with Crippen molar-refractivity contribution in [3.63, 3.8) is 0 Å². The van der Waals surface area contributed by atoms with Gasteiger partial charge in [-0.05, 0) is 32.1 Å². The molecule has 0 atom stereocenters. The smallest absolute Gasteiger partial charge is 0.254 e. The molecule has 1 N–H and O–H groups in total. The average molecular weight is 257 g/mol. The molecule has 19 heavy (non-hydrogen) atoms. The minimum atomic E-state index is 0.591. The van der Waals surface area contributed by atoms with Crippen molar-refractivity contribution < 1.29 is 0 Å². The number of anilines is 1. The van der Waals surface area contributed by atoms with Crippen molar-refractivity contribution in [3.8, 4) is 0 Å². The Morgan fingerprint density at radius 2 is 2.00 bits per heavy atom. The normalized spacial score (nSPS) is 19.8. The summed E-state index contributed by atoms with van der Waals surface area (Å²) in [5.74, 6) is 1.89. The van der Waals surface area contributed by atoms with Gasteiger partial charge in [-0.1, -0.05) is 19.3 Å². The van der Waals surface area contributed by atoms with Crippen molar-refractivity contribution in [1.82, 2.24) is 19.6 Å². The van der Waals surface area contributed by atoms with Crippen LogP contribution in [0.25, 0.3) is 5.78 Å². The Morgan fingerprint density at radius 1 is 1.11 bits per heavy atom. The molecule has 0 aliphatic heterocycles. The van der Waals surface area contributed by atoms with E-state index >= 15 is 0 Å². The topological polar surface area (TPSA) is 55.1 Å². The van der Waals surface area contributed by atoms with Gasteiger partial charge in [-0.25, -0.2) is 4.98 Å². The maximum atomic E-state index is 4.62. The zero-order chi connectivity index (χ0) is 12.7. The maximum absolute atomic E-state index is 4.62. The monoisotopic (exact) mass is 257 g/mol. The largest absolute Gasteiger partial charge is 0.367 e. The summed E-state index contributed by atoms with van der Waals surface area (Å²) in [6.45, 7) is 0. The average Bonchev–Trinajstić information content (AvgIpc) is 3.08. The number of hydrogen-bond donors (Lipinski definition) is 1. The van der Waals surface area contributed by atoms with Crippen LogP contribution in [0, 0.1) is 0 Å². The Morgan fingerprint density at radius 3 is 2.89 bits per heavy atom. The van der Waals surface area contributed by atoms with Crippen LogP contribution in [0.5, 0.6) is 0 Å². The second kappa shape index (κ2) is 4.47. The fraction of sp³-hybridized carbons (Fsp3) is 0.643. The lowest BCUT2D eigenvalue weighted by molar-refractivity contribution is 0.460. The molecule has 5 heteroatoms. The summed E-state index contributed by atoms with van der Waals surface area (Å²) in [6, 6.07) is 0.591. The van der Waals surface area contributed by atoms with Gasteiger partial charge < -0.3 is 5.32 Å². The summed E-state index contributed by atoms with van der Waals surface area (Å²) >= 11 is 0. The summed E-state index contributed by atoms with van der Waals surface area (Å²) in [5.41, 5.74) is 2.59. The van der Waals surface area contributed by atoms with Crippen LogP contribution in [0.15, 0.2) is 6.33 Å².